The molecular formula is C10H9BrCl2O. The third-order valence-corrected chi connectivity index (χ3v) is 3.68. The molecule has 1 unspecified atom stereocenters. The lowest BCUT2D eigenvalue weighted by molar-refractivity contribution is -0.116. The van der Waals surface area contributed by atoms with Crippen LogP contribution in [0.2, 0.25) is 0 Å². The van der Waals surface area contributed by atoms with E-state index in [2.05, 4.69) is 15.9 Å². The second-order valence-electron chi connectivity index (χ2n) is 2.93. The largest absolute Gasteiger partial charge is 0.298 e. The third-order valence-electron chi connectivity index (χ3n) is 1.88. The number of carbonyl (C=O) groups excluding carboxylic acids is 1. The van der Waals surface area contributed by atoms with Gasteiger partial charge in [0.15, 0.2) is 5.78 Å². The molecule has 0 N–H and O–H groups in total. The van der Waals surface area contributed by atoms with E-state index in [1.165, 1.54) is 6.92 Å². The van der Waals surface area contributed by atoms with E-state index in [1.807, 2.05) is 18.2 Å². The first-order valence-corrected chi connectivity index (χ1v) is 5.82. The van der Waals surface area contributed by atoms with Gasteiger partial charge in [-0.25, -0.2) is 0 Å². The first-order chi connectivity index (χ1) is 6.57. The number of halogens is 3. The van der Waals surface area contributed by atoms with Crippen molar-refractivity contribution in [1.29, 1.82) is 0 Å². The van der Waals surface area contributed by atoms with Gasteiger partial charge in [-0.05, 0) is 18.1 Å². The van der Waals surface area contributed by atoms with Crippen molar-refractivity contribution in [1.82, 2.24) is 0 Å². The van der Waals surface area contributed by atoms with Crippen molar-refractivity contribution in [2.24, 2.45) is 0 Å². The number of rotatable bonds is 3. The van der Waals surface area contributed by atoms with Crippen LogP contribution in [0.25, 0.3) is 0 Å². The maximum Gasteiger partial charge on any atom is 0.152 e. The summed E-state index contributed by atoms with van der Waals surface area (Å²) < 4.78 is 0.824. The van der Waals surface area contributed by atoms with Crippen LogP contribution in [-0.4, -0.2) is 5.78 Å². The lowest BCUT2D eigenvalue weighted by Crippen LogP contribution is -2.03. The van der Waals surface area contributed by atoms with Gasteiger partial charge < -0.3 is 0 Å². The Hall–Kier alpha value is -0.0500. The minimum Gasteiger partial charge on any atom is -0.298 e. The van der Waals surface area contributed by atoms with Crippen LogP contribution >= 0.6 is 39.1 Å². The maximum absolute atomic E-state index is 11.1. The molecule has 0 saturated carbocycles. The number of Topliss-reactive ketones (excluding diaryl/α,β-unsaturated/α-hetero) is 1. The Morgan fingerprint density at radius 1 is 1.57 bits per heavy atom. The van der Waals surface area contributed by atoms with E-state index < -0.39 is 5.38 Å². The average molecular weight is 296 g/mol. The summed E-state index contributed by atoms with van der Waals surface area (Å²) >= 11 is 15.1. The van der Waals surface area contributed by atoms with E-state index in [0.717, 1.165) is 15.6 Å². The quantitative estimate of drug-likeness (QED) is 0.769. The monoisotopic (exact) mass is 294 g/mol. The second-order valence-corrected chi connectivity index (χ2v) is 4.42. The number of carbonyl (C=O) groups is 1. The zero-order chi connectivity index (χ0) is 10.7. The molecule has 0 saturated heterocycles. The van der Waals surface area contributed by atoms with Crippen LogP contribution in [0.1, 0.15) is 23.4 Å². The second kappa shape index (κ2) is 5.15. The zero-order valence-electron chi connectivity index (χ0n) is 7.56. The van der Waals surface area contributed by atoms with Crippen LogP contribution in [0.4, 0.5) is 0 Å². The van der Waals surface area contributed by atoms with E-state index in [4.69, 9.17) is 23.2 Å². The molecule has 0 aliphatic rings. The fraction of sp³-hybridized carbons (Fsp3) is 0.300. The van der Waals surface area contributed by atoms with Crippen LogP contribution in [0, 0.1) is 0 Å². The number of alkyl halides is 2. The SMILES string of the molecule is CC(=O)C(Cl)c1cccc(CCl)c1Br. The van der Waals surface area contributed by atoms with Gasteiger partial charge in [-0.2, -0.15) is 0 Å². The summed E-state index contributed by atoms with van der Waals surface area (Å²) in [5, 5.41) is -0.604. The molecule has 0 radical (unpaired) electrons. The fourth-order valence-electron chi connectivity index (χ4n) is 1.12. The minimum atomic E-state index is -0.604. The molecule has 0 aromatic heterocycles. The molecule has 1 rings (SSSR count). The summed E-state index contributed by atoms with van der Waals surface area (Å²) in [5.41, 5.74) is 1.72. The lowest BCUT2D eigenvalue weighted by Gasteiger charge is -2.10. The molecule has 1 atom stereocenters. The van der Waals surface area contributed by atoms with Gasteiger partial charge in [-0.3, -0.25) is 4.79 Å². The molecule has 0 fully saturated rings. The molecule has 0 aliphatic heterocycles. The number of hydrogen-bond acceptors (Lipinski definition) is 1. The lowest BCUT2D eigenvalue weighted by atomic mass is 10.1. The van der Waals surface area contributed by atoms with Crippen LogP contribution in [0.15, 0.2) is 22.7 Å². The first-order valence-electron chi connectivity index (χ1n) is 4.05. The summed E-state index contributed by atoms with van der Waals surface area (Å²) in [7, 11) is 0. The van der Waals surface area contributed by atoms with E-state index >= 15 is 0 Å². The van der Waals surface area contributed by atoms with Crippen LogP contribution < -0.4 is 0 Å². The summed E-state index contributed by atoms with van der Waals surface area (Å²) in [5.74, 6) is 0.328. The van der Waals surface area contributed by atoms with Gasteiger partial charge in [0.1, 0.15) is 5.38 Å². The molecule has 76 valence electrons. The number of hydrogen-bond donors (Lipinski definition) is 0. The van der Waals surface area contributed by atoms with Crippen molar-refractivity contribution in [3.8, 4) is 0 Å². The van der Waals surface area contributed by atoms with Crippen molar-refractivity contribution >= 4 is 44.9 Å². The highest BCUT2D eigenvalue weighted by atomic mass is 79.9. The predicted octanol–water partition coefficient (Wildman–Crippen LogP) is 4.06. The molecule has 0 spiro atoms. The van der Waals surface area contributed by atoms with Gasteiger partial charge in [0, 0.05) is 10.4 Å². The van der Waals surface area contributed by atoms with Gasteiger partial charge in [0.25, 0.3) is 0 Å². The highest BCUT2D eigenvalue weighted by Gasteiger charge is 2.17. The molecule has 1 aromatic carbocycles. The minimum absolute atomic E-state index is 0.0703. The van der Waals surface area contributed by atoms with Crippen molar-refractivity contribution < 1.29 is 4.79 Å². The average Bonchev–Trinajstić information content (AvgIpc) is 2.17. The molecular weight excluding hydrogens is 287 g/mol. The Labute approximate surface area is 102 Å². The Bertz CT molecular complexity index is 352. The van der Waals surface area contributed by atoms with Gasteiger partial charge in [-0.15, -0.1) is 23.2 Å². The zero-order valence-corrected chi connectivity index (χ0v) is 10.7. The number of benzene rings is 1. The fourth-order valence-corrected chi connectivity index (χ4v) is 2.45. The molecule has 0 bridgehead atoms. The van der Waals surface area contributed by atoms with Crippen LogP contribution in [0.3, 0.4) is 0 Å². The van der Waals surface area contributed by atoms with E-state index in [-0.39, 0.29) is 5.78 Å². The first kappa shape index (κ1) is 12.0. The van der Waals surface area contributed by atoms with Gasteiger partial charge in [-0.1, -0.05) is 34.1 Å². The molecule has 0 amide bonds. The van der Waals surface area contributed by atoms with Crippen molar-refractivity contribution in [3.05, 3.63) is 33.8 Å². The molecule has 0 aliphatic carbocycles. The Kier molecular flexibility index (Phi) is 4.42. The maximum atomic E-state index is 11.1. The number of ketones is 1. The Morgan fingerprint density at radius 2 is 2.21 bits per heavy atom. The summed E-state index contributed by atoms with van der Waals surface area (Å²) in [6.07, 6.45) is 0. The third kappa shape index (κ3) is 2.50. The molecule has 14 heavy (non-hydrogen) atoms. The van der Waals surface area contributed by atoms with Crippen molar-refractivity contribution in [2.45, 2.75) is 18.2 Å². The molecule has 1 aromatic rings. The van der Waals surface area contributed by atoms with Crippen LogP contribution in [-0.2, 0) is 10.7 Å². The van der Waals surface area contributed by atoms with E-state index in [9.17, 15) is 4.79 Å². The predicted molar refractivity (Wildman–Crippen MR) is 63.0 cm³/mol. The Morgan fingerprint density at radius 3 is 2.71 bits per heavy atom. The van der Waals surface area contributed by atoms with E-state index in [1.54, 1.807) is 0 Å². The van der Waals surface area contributed by atoms with Crippen molar-refractivity contribution in [3.63, 3.8) is 0 Å². The van der Waals surface area contributed by atoms with Gasteiger partial charge >= 0.3 is 0 Å². The van der Waals surface area contributed by atoms with Gasteiger partial charge in [0.2, 0.25) is 0 Å². The smallest absolute Gasteiger partial charge is 0.152 e. The summed E-state index contributed by atoms with van der Waals surface area (Å²) in [6.45, 7) is 1.47. The molecule has 0 heterocycles. The standard InChI is InChI=1S/C10H9BrCl2O/c1-6(14)10(13)8-4-2-3-7(5-12)9(8)11/h2-4,10H,5H2,1H3. The highest BCUT2D eigenvalue weighted by molar-refractivity contribution is 9.10. The molecule has 1 nitrogen and oxygen atoms in total. The van der Waals surface area contributed by atoms with Crippen LogP contribution in [0.5, 0.6) is 0 Å². The van der Waals surface area contributed by atoms with E-state index in [0.29, 0.717) is 5.88 Å². The normalized spacial score (nSPS) is 12.6. The summed E-state index contributed by atoms with van der Waals surface area (Å²) in [4.78, 5) is 11.1. The van der Waals surface area contributed by atoms with Gasteiger partial charge in [0.05, 0.1) is 0 Å². The topological polar surface area (TPSA) is 17.1 Å². The highest BCUT2D eigenvalue weighted by Crippen LogP contribution is 2.31. The summed E-state index contributed by atoms with van der Waals surface area (Å²) in [6, 6.07) is 5.56. The molecule has 4 heteroatoms. The Balaban J connectivity index is 3.15. The van der Waals surface area contributed by atoms with Crippen molar-refractivity contribution in [2.75, 3.05) is 0 Å².